The Labute approximate surface area is 186 Å². The number of hydrogen-bond acceptors (Lipinski definition) is 14. The molecule has 2 heterocycles. The Balaban J connectivity index is 2.28. The Hall–Kier alpha value is -1.54. The summed E-state index contributed by atoms with van der Waals surface area (Å²) in [4.78, 5) is 23.7. The van der Waals surface area contributed by atoms with Crippen molar-refractivity contribution in [2.45, 2.75) is 73.4 Å². The van der Waals surface area contributed by atoms with Crippen molar-refractivity contribution in [3.05, 3.63) is 0 Å². The van der Waals surface area contributed by atoms with Gasteiger partial charge in [-0.25, -0.2) is 4.79 Å². The second kappa shape index (κ2) is 11.3. The molecule has 0 saturated carbocycles. The van der Waals surface area contributed by atoms with Crippen molar-refractivity contribution in [3.63, 3.8) is 0 Å². The van der Waals surface area contributed by atoms with Crippen LogP contribution in [0.3, 0.4) is 0 Å². The third-order valence-corrected chi connectivity index (χ3v) is 5.51. The molecule has 0 aromatic rings. The number of aliphatic hydroxyl groups excluding tert-OH is 8. The van der Waals surface area contributed by atoms with Crippen molar-refractivity contribution in [2.24, 2.45) is 5.73 Å². The Kier molecular flexibility index (Phi) is 9.45. The summed E-state index contributed by atoms with van der Waals surface area (Å²) in [6.45, 7) is -2.34. The van der Waals surface area contributed by atoms with Crippen LogP contribution in [-0.4, -0.2) is 145 Å². The lowest BCUT2D eigenvalue weighted by atomic mass is 9.88. The maximum Gasteiger partial charge on any atom is 0.364 e. The highest BCUT2D eigenvalue weighted by Gasteiger charge is 2.56. The summed E-state index contributed by atoms with van der Waals surface area (Å²) >= 11 is 0. The van der Waals surface area contributed by atoms with Crippen molar-refractivity contribution >= 4 is 11.9 Å². The minimum absolute atomic E-state index is 0.501. The van der Waals surface area contributed by atoms with Crippen LogP contribution in [-0.2, 0) is 23.8 Å². The van der Waals surface area contributed by atoms with Gasteiger partial charge in [0.05, 0.1) is 24.9 Å². The van der Waals surface area contributed by atoms with E-state index in [4.69, 9.17) is 25.1 Å². The molecule has 0 aromatic carbocycles. The molecule has 33 heavy (non-hydrogen) atoms. The Morgan fingerprint density at radius 2 is 1.76 bits per heavy atom. The summed E-state index contributed by atoms with van der Waals surface area (Å²) in [6.07, 6.45) is -16.9. The first-order chi connectivity index (χ1) is 15.4. The number of nitrogens with one attached hydrogen (secondary N) is 1. The average Bonchev–Trinajstić information content (AvgIpc) is 2.79. The second-order valence-corrected chi connectivity index (χ2v) is 7.80. The van der Waals surface area contributed by atoms with Gasteiger partial charge in [-0.05, 0) is 0 Å². The molecule has 2 rings (SSSR count). The molecule has 0 aromatic heterocycles. The Morgan fingerprint density at radius 1 is 1.12 bits per heavy atom. The zero-order valence-electron chi connectivity index (χ0n) is 17.2. The van der Waals surface area contributed by atoms with E-state index in [0.717, 1.165) is 0 Å². The van der Waals surface area contributed by atoms with Crippen LogP contribution in [0.2, 0.25) is 0 Å². The summed E-state index contributed by atoms with van der Waals surface area (Å²) in [5.41, 5.74) is 5.31. The molecule has 16 heteroatoms. The molecular weight excluding hydrogens is 456 g/mol. The highest BCUT2D eigenvalue weighted by molar-refractivity contribution is 5.78. The minimum atomic E-state index is -2.71. The van der Waals surface area contributed by atoms with Crippen LogP contribution in [0.25, 0.3) is 0 Å². The monoisotopic (exact) mass is 486 g/mol. The lowest BCUT2D eigenvalue weighted by molar-refractivity contribution is -0.334. The highest BCUT2D eigenvalue weighted by atomic mass is 16.7. The molecule has 0 spiro atoms. The molecular formula is C17H30N2O14. The van der Waals surface area contributed by atoms with Crippen LogP contribution in [0.5, 0.6) is 0 Å². The lowest BCUT2D eigenvalue weighted by Gasteiger charge is -2.47. The number of carbonyl (C=O) groups is 2. The van der Waals surface area contributed by atoms with Gasteiger partial charge in [0.15, 0.2) is 6.29 Å². The van der Waals surface area contributed by atoms with Crippen LogP contribution in [0.15, 0.2) is 0 Å². The van der Waals surface area contributed by atoms with E-state index in [1.54, 1.807) is 0 Å². The molecule has 11 atom stereocenters. The molecule has 16 nitrogen and oxygen atoms in total. The van der Waals surface area contributed by atoms with Crippen molar-refractivity contribution in [3.8, 4) is 0 Å². The average molecular weight is 486 g/mol. The largest absolute Gasteiger partial charge is 0.477 e. The third kappa shape index (κ3) is 5.94. The van der Waals surface area contributed by atoms with Gasteiger partial charge in [-0.3, -0.25) is 4.79 Å². The van der Waals surface area contributed by atoms with E-state index < -0.39 is 105 Å². The van der Waals surface area contributed by atoms with Gasteiger partial charge in [-0.2, -0.15) is 0 Å². The third-order valence-electron chi connectivity index (χ3n) is 5.51. The molecule has 1 amide bonds. The zero-order chi connectivity index (χ0) is 25.1. The van der Waals surface area contributed by atoms with Crippen molar-refractivity contribution in [2.75, 3.05) is 19.8 Å². The van der Waals surface area contributed by atoms with Crippen LogP contribution in [0.4, 0.5) is 0 Å². The predicted octanol–water partition coefficient (Wildman–Crippen LogP) is -7.11. The summed E-state index contributed by atoms with van der Waals surface area (Å²) in [6, 6.07) is -1.49. The quantitative estimate of drug-likeness (QED) is 0.144. The zero-order valence-corrected chi connectivity index (χ0v) is 17.2. The summed E-state index contributed by atoms with van der Waals surface area (Å²) in [5, 5.41) is 90.7. The fourth-order valence-corrected chi connectivity index (χ4v) is 3.59. The predicted molar refractivity (Wildman–Crippen MR) is 101 cm³/mol. The Morgan fingerprint density at radius 3 is 2.30 bits per heavy atom. The van der Waals surface area contributed by atoms with E-state index in [-0.39, 0.29) is 0 Å². The van der Waals surface area contributed by atoms with Gasteiger partial charge in [0.2, 0.25) is 5.91 Å². The SMILES string of the molecule is NC[C@@H](O)[C@@H](O)[C@@H]1O[C@@](OC[C@H]2O[C@@H](O)[C@H](O)[C@@H](O)[C@H]2O)(C(=O)O)C[C@H](O)[C@H]1NC(=O)CO. The van der Waals surface area contributed by atoms with Crippen LogP contribution in [0, 0.1) is 0 Å². The van der Waals surface area contributed by atoms with E-state index >= 15 is 0 Å². The number of nitrogens with two attached hydrogens (primary N) is 1. The first-order valence-corrected chi connectivity index (χ1v) is 9.95. The van der Waals surface area contributed by atoms with Crippen molar-refractivity contribution in [1.82, 2.24) is 5.32 Å². The number of carboxylic acid groups (broad SMARTS) is 1. The van der Waals surface area contributed by atoms with E-state index in [0.29, 0.717) is 0 Å². The van der Waals surface area contributed by atoms with Crippen molar-refractivity contribution < 1.29 is 69.8 Å². The lowest BCUT2D eigenvalue weighted by Crippen LogP contribution is -2.68. The standard InChI is InChI=1S/C17H30N2O14/c18-2-6(22)10(24)14-9(19-8(23)3-20)5(21)1-17(33-14,16(29)30)31-4-7-11(25)12(26)13(27)15(28)32-7/h5-7,9-15,20-22,24-28H,1-4,18H2,(H,19,23)(H,29,30)/t5-,6+,7+,9+,10+,11-,12-,13+,14+,15+,17+/m0/s1. The fourth-order valence-electron chi connectivity index (χ4n) is 3.59. The van der Waals surface area contributed by atoms with Gasteiger partial charge in [-0.15, -0.1) is 0 Å². The van der Waals surface area contributed by atoms with Gasteiger partial charge in [0.1, 0.15) is 43.2 Å². The molecule has 0 aliphatic carbocycles. The number of hydrogen-bond donors (Lipinski definition) is 11. The summed E-state index contributed by atoms with van der Waals surface area (Å²) in [5.74, 6) is -5.51. The molecule has 2 saturated heterocycles. The number of aliphatic hydroxyl groups is 8. The van der Waals surface area contributed by atoms with E-state index in [1.807, 2.05) is 0 Å². The number of ether oxygens (including phenoxy) is 3. The van der Waals surface area contributed by atoms with Crippen LogP contribution >= 0.6 is 0 Å². The van der Waals surface area contributed by atoms with E-state index in [1.165, 1.54) is 0 Å². The molecule has 12 N–H and O–H groups in total. The van der Waals surface area contributed by atoms with Gasteiger partial charge >= 0.3 is 5.97 Å². The summed E-state index contributed by atoms with van der Waals surface area (Å²) in [7, 11) is 0. The minimum Gasteiger partial charge on any atom is -0.477 e. The molecule has 0 bridgehead atoms. The molecule has 0 radical (unpaired) electrons. The molecule has 192 valence electrons. The van der Waals surface area contributed by atoms with Gasteiger partial charge in [0, 0.05) is 13.0 Å². The maximum absolute atomic E-state index is 12.1. The normalized spacial score (nSPS) is 41.2. The number of amides is 1. The fraction of sp³-hybridized carbons (Fsp3) is 0.882. The maximum atomic E-state index is 12.1. The van der Waals surface area contributed by atoms with Crippen LogP contribution < -0.4 is 11.1 Å². The van der Waals surface area contributed by atoms with Gasteiger partial charge < -0.3 is 71.2 Å². The topological polar surface area (TPSA) is 282 Å². The van der Waals surface area contributed by atoms with E-state index in [9.17, 15) is 50.4 Å². The van der Waals surface area contributed by atoms with Gasteiger partial charge in [0.25, 0.3) is 5.79 Å². The number of carboxylic acids is 1. The molecule has 2 aliphatic rings. The molecule has 2 fully saturated rings. The van der Waals surface area contributed by atoms with Crippen molar-refractivity contribution in [1.29, 1.82) is 0 Å². The Bertz CT molecular complexity index is 684. The van der Waals surface area contributed by atoms with Crippen LogP contribution in [0.1, 0.15) is 6.42 Å². The first kappa shape index (κ1) is 27.7. The molecule has 0 unspecified atom stereocenters. The molecule has 2 aliphatic heterocycles. The first-order valence-electron chi connectivity index (χ1n) is 9.95. The summed E-state index contributed by atoms with van der Waals surface area (Å²) < 4.78 is 15.6. The number of aliphatic carboxylic acids is 1. The van der Waals surface area contributed by atoms with Gasteiger partial charge in [-0.1, -0.05) is 0 Å². The smallest absolute Gasteiger partial charge is 0.364 e. The number of carbonyl (C=O) groups excluding carboxylic acids is 1. The van der Waals surface area contributed by atoms with E-state index in [2.05, 4.69) is 5.32 Å². The number of rotatable bonds is 9. The highest BCUT2D eigenvalue weighted by Crippen LogP contribution is 2.34. The second-order valence-electron chi connectivity index (χ2n) is 7.80.